The number of rotatable bonds is 4. The molecule has 2 aliphatic rings. The van der Waals surface area contributed by atoms with Gasteiger partial charge < -0.3 is 20.0 Å². The van der Waals surface area contributed by atoms with E-state index in [1.807, 2.05) is 4.90 Å². The third kappa shape index (κ3) is 4.10. The highest BCUT2D eigenvalue weighted by atomic mass is 16.3. The fraction of sp³-hybridized carbons (Fsp3) is 0.667. The summed E-state index contributed by atoms with van der Waals surface area (Å²) in [5.41, 5.74) is 0. The van der Waals surface area contributed by atoms with Crippen molar-refractivity contribution in [2.75, 3.05) is 13.1 Å². The van der Waals surface area contributed by atoms with E-state index >= 15 is 0 Å². The number of likely N-dealkylation sites (tertiary alicyclic amines) is 1. The molecule has 1 aromatic heterocycles. The number of urea groups is 1. The second kappa shape index (κ2) is 7.73. The number of nitrogens with one attached hydrogen (secondary N) is 2. The van der Waals surface area contributed by atoms with Crippen molar-refractivity contribution in [1.82, 2.24) is 15.5 Å². The maximum absolute atomic E-state index is 12.5. The molecule has 6 nitrogen and oxygen atoms in total. The lowest BCUT2D eigenvalue weighted by molar-refractivity contribution is -0.136. The van der Waals surface area contributed by atoms with Gasteiger partial charge in [0.05, 0.1) is 19.4 Å². The Morgan fingerprint density at radius 3 is 2.96 bits per heavy atom. The number of carbonyl (C=O) groups is 2. The van der Waals surface area contributed by atoms with E-state index in [4.69, 9.17) is 4.42 Å². The zero-order chi connectivity index (χ0) is 16.9. The quantitative estimate of drug-likeness (QED) is 0.889. The number of amides is 3. The number of furan rings is 1. The Morgan fingerprint density at radius 2 is 2.17 bits per heavy atom. The molecule has 3 atom stereocenters. The molecular weight excluding hydrogens is 306 g/mol. The van der Waals surface area contributed by atoms with Gasteiger partial charge in [0.25, 0.3) is 0 Å². The second-order valence-corrected chi connectivity index (χ2v) is 7.09. The molecule has 1 saturated heterocycles. The monoisotopic (exact) mass is 333 g/mol. The topological polar surface area (TPSA) is 74.6 Å². The molecule has 2 heterocycles. The van der Waals surface area contributed by atoms with E-state index < -0.39 is 0 Å². The van der Waals surface area contributed by atoms with Crippen LogP contribution in [-0.2, 0) is 11.3 Å². The summed E-state index contributed by atoms with van der Waals surface area (Å²) in [6.07, 6.45) is 7.40. The fourth-order valence-corrected chi connectivity index (χ4v) is 4.10. The van der Waals surface area contributed by atoms with Crippen molar-refractivity contribution in [1.29, 1.82) is 0 Å². The highest BCUT2D eigenvalue weighted by molar-refractivity contribution is 5.84. The molecule has 0 radical (unpaired) electrons. The van der Waals surface area contributed by atoms with Crippen LogP contribution < -0.4 is 10.6 Å². The summed E-state index contributed by atoms with van der Waals surface area (Å²) in [5, 5.41) is 5.35. The summed E-state index contributed by atoms with van der Waals surface area (Å²) >= 11 is 0. The van der Waals surface area contributed by atoms with Crippen LogP contribution in [0.15, 0.2) is 22.8 Å². The van der Waals surface area contributed by atoms with Gasteiger partial charge in [0.1, 0.15) is 5.76 Å². The highest BCUT2D eigenvalue weighted by Crippen LogP contribution is 2.37. The van der Waals surface area contributed by atoms with Crippen molar-refractivity contribution in [2.45, 2.75) is 51.6 Å². The molecular formula is C18H27N3O3. The van der Waals surface area contributed by atoms with Crippen LogP contribution >= 0.6 is 0 Å². The summed E-state index contributed by atoms with van der Waals surface area (Å²) in [7, 11) is 0. The van der Waals surface area contributed by atoms with Gasteiger partial charge >= 0.3 is 6.03 Å². The Kier molecular flexibility index (Phi) is 5.43. The van der Waals surface area contributed by atoms with Crippen LogP contribution in [0.5, 0.6) is 0 Å². The van der Waals surface area contributed by atoms with Crippen LogP contribution in [0.3, 0.4) is 0 Å². The van der Waals surface area contributed by atoms with Crippen molar-refractivity contribution in [3.63, 3.8) is 0 Å². The molecule has 0 aromatic carbocycles. The Hall–Kier alpha value is -1.98. The predicted octanol–water partition coefficient (Wildman–Crippen LogP) is 2.51. The van der Waals surface area contributed by atoms with Gasteiger partial charge in [-0.1, -0.05) is 6.92 Å². The minimum atomic E-state index is -0.342. The number of hydrogen-bond donors (Lipinski definition) is 2. The number of nitrogens with zero attached hydrogens (tertiary/aromatic N) is 1. The van der Waals surface area contributed by atoms with Gasteiger partial charge in [-0.15, -0.1) is 0 Å². The molecule has 0 spiro atoms. The Morgan fingerprint density at radius 1 is 1.29 bits per heavy atom. The Labute approximate surface area is 143 Å². The lowest BCUT2D eigenvalue weighted by Gasteiger charge is -2.45. The van der Waals surface area contributed by atoms with Crippen LogP contribution in [0.4, 0.5) is 4.79 Å². The van der Waals surface area contributed by atoms with E-state index in [1.54, 1.807) is 18.4 Å². The Balaban J connectivity index is 1.44. The molecule has 1 aliphatic heterocycles. The largest absolute Gasteiger partial charge is 0.467 e. The number of piperidine rings is 1. The van der Waals surface area contributed by atoms with Crippen molar-refractivity contribution in [3.05, 3.63) is 24.2 Å². The zero-order valence-corrected chi connectivity index (χ0v) is 14.3. The average Bonchev–Trinajstić information content (AvgIpc) is 3.10. The van der Waals surface area contributed by atoms with E-state index in [0.29, 0.717) is 24.3 Å². The van der Waals surface area contributed by atoms with E-state index in [9.17, 15) is 9.59 Å². The molecule has 0 bridgehead atoms. The molecule has 6 heteroatoms. The lowest BCUT2D eigenvalue weighted by atomic mass is 9.74. The van der Waals surface area contributed by atoms with E-state index in [2.05, 4.69) is 17.6 Å². The molecule has 24 heavy (non-hydrogen) atoms. The molecule has 1 aliphatic carbocycles. The van der Waals surface area contributed by atoms with Crippen LogP contribution in [0, 0.1) is 11.8 Å². The molecule has 2 fully saturated rings. The van der Waals surface area contributed by atoms with Gasteiger partial charge in [-0.2, -0.15) is 0 Å². The predicted molar refractivity (Wildman–Crippen MR) is 90.2 cm³/mol. The molecule has 132 valence electrons. The average molecular weight is 333 g/mol. The fourth-order valence-electron chi connectivity index (χ4n) is 4.10. The molecule has 3 amide bonds. The summed E-state index contributed by atoms with van der Waals surface area (Å²) in [5.74, 6) is 2.13. The van der Waals surface area contributed by atoms with Crippen molar-refractivity contribution < 1.29 is 14.0 Å². The first kappa shape index (κ1) is 16.9. The van der Waals surface area contributed by atoms with Gasteiger partial charge in [0, 0.05) is 12.6 Å². The molecule has 1 saturated carbocycles. The highest BCUT2D eigenvalue weighted by Gasteiger charge is 2.37. The molecule has 3 rings (SSSR count). The maximum Gasteiger partial charge on any atom is 0.315 e. The summed E-state index contributed by atoms with van der Waals surface area (Å²) in [4.78, 5) is 26.4. The summed E-state index contributed by atoms with van der Waals surface area (Å²) < 4.78 is 5.15. The minimum Gasteiger partial charge on any atom is -0.467 e. The van der Waals surface area contributed by atoms with Gasteiger partial charge in [0.15, 0.2) is 0 Å². The lowest BCUT2D eigenvalue weighted by Crippen LogP contribution is -2.53. The van der Waals surface area contributed by atoms with Crippen molar-refractivity contribution >= 4 is 11.9 Å². The first-order valence-electron chi connectivity index (χ1n) is 8.97. The first-order valence-corrected chi connectivity index (χ1v) is 8.97. The van der Waals surface area contributed by atoms with E-state index in [0.717, 1.165) is 25.3 Å². The second-order valence-electron chi connectivity index (χ2n) is 7.09. The number of fused-ring (bicyclic) bond motifs is 1. The Bertz CT molecular complexity index is 558. The smallest absolute Gasteiger partial charge is 0.315 e. The number of hydrogen-bond acceptors (Lipinski definition) is 3. The number of carbonyl (C=O) groups excluding carboxylic acids is 2. The van der Waals surface area contributed by atoms with Gasteiger partial charge in [-0.25, -0.2) is 4.79 Å². The minimum absolute atomic E-state index is 0.0346. The molecule has 1 aromatic rings. The summed E-state index contributed by atoms with van der Waals surface area (Å²) in [6.45, 7) is 3.51. The van der Waals surface area contributed by atoms with Crippen molar-refractivity contribution in [2.24, 2.45) is 11.8 Å². The first-order chi connectivity index (χ1) is 11.6. The normalized spacial score (nSPS) is 26.5. The van der Waals surface area contributed by atoms with Crippen LogP contribution in [0.25, 0.3) is 0 Å². The van der Waals surface area contributed by atoms with Crippen molar-refractivity contribution in [3.8, 4) is 0 Å². The molecule has 2 N–H and O–H groups in total. The van der Waals surface area contributed by atoms with Crippen LogP contribution in [0.2, 0.25) is 0 Å². The molecule has 3 unspecified atom stereocenters. The standard InChI is InChI=1S/C18H27N3O3/c1-13-6-7-16-14(10-13)4-2-8-21(16)17(22)12-20-18(23)19-11-15-5-3-9-24-15/h3,5,9,13-14,16H,2,4,6-8,10-12H2,1H3,(H2,19,20,23). The third-order valence-corrected chi connectivity index (χ3v) is 5.30. The van der Waals surface area contributed by atoms with Crippen LogP contribution in [0.1, 0.15) is 44.8 Å². The van der Waals surface area contributed by atoms with E-state index in [-0.39, 0.29) is 18.5 Å². The maximum atomic E-state index is 12.5. The van der Waals surface area contributed by atoms with E-state index in [1.165, 1.54) is 19.3 Å². The third-order valence-electron chi connectivity index (χ3n) is 5.30. The van der Waals surface area contributed by atoms with Gasteiger partial charge in [-0.05, 0) is 56.1 Å². The van der Waals surface area contributed by atoms with Crippen LogP contribution in [-0.4, -0.2) is 36.0 Å². The zero-order valence-electron chi connectivity index (χ0n) is 14.3. The summed E-state index contributed by atoms with van der Waals surface area (Å²) in [6, 6.07) is 3.60. The van der Waals surface area contributed by atoms with Gasteiger partial charge in [0.2, 0.25) is 5.91 Å². The van der Waals surface area contributed by atoms with Gasteiger partial charge in [-0.3, -0.25) is 4.79 Å². The SMILES string of the molecule is CC1CCC2C(CCCN2C(=O)CNC(=O)NCc2ccco2)C1.